The standard InChI is InChI=1S/C13H14ClNO2/c14-12(13(16)15-10-2-3-10)9-1-4-11-8(7-9)5-6-17-11/h1,4,7,10,12H,2-3,5-6H2,(H,15,16). The summed E-state index contributed by atoms with van der Waals surface area (Å²) in [6.45, 7) is 0.722. The first-order valence-electron chi connectivity index (χ1n) is 5.94. The molecule has 0 aromatic heterocycles. The van der Waals surface area contributed by atoms with E-state index in [1.54, 1.807) is 0 Å². The first kappa shape index (κ1) is 10.9. The predicted octanol–water partition coefficient (Wildman–Crippen LogP) is 2.18. The minimum Gasteiger partial charge on any atom is -0.493 e. The highest BCUT2D eigenvalue weighted by Gasteiger charge is 2.27. The number of halogens is 1. The van der Waals surface area contributed by atoms with Gasteiger partial charge in [-0.15, -0.1) is 11.6 Å². The second kappa shape index (κ2) is 4.22. The molecule has 0 saturated heterocycles. The summed E-state index contributed by atoms with van der Waals surface area (Å²) in [5.41, 5.74) is 2.00. The number of benzene rings is 1. The molecule has 1 aromatic carbocycles. The second-order valence-corrected chi connectivity index (χ2v) is 5.05. The molecule has 1 heterocycles. The van der Waals surface area contributed by atoms with E-state index in [1.165, 1.54) is 0 Å². The molecule has 3 rings (SSSR count). The first-order valence-corrected chi connectivity index (χ1v) is 6.38. The average molecular weight is 252 g/mol. The molecule has 0 bridgehead atoms. The lowest BCUT2D eigenvalue weighted by molar-refractivity contribution is -0.121. The molecular weight excluding hydrogens is 238 g/mol. The van der Waals surface area contributed by atoms with Crippen molar-refractivity contribution < 1.29 is 9.53 Å². The highest BCUT2D eigenvalue weighted by atomic mass is 35.5. The van der Waals surface area contributed by atoms with Crippen molar-refractivity contribution in [2.24, 2.45) is 0 Å². The normalized spacial score (nSPS) is 19.4. The Morgan fingerprint density at radius 2 is 2.29 bits per heavy atom. The molecule has 1 aliphatic carbocycles. The van der Waals surface area contributed by atoms with Gasteiger partial charge in [-0.1, -0.05) is 6.07 Å². The third-order valence-electron chi connectivity index (χ3n) is 3.16. The van der Waals surface area contributed by atoms with E-state index >= 15 is 0 Å². The largest absolute Gasteiger partial charge is 0.493 e. The third-order valence-corrected chi connectivity index (χ3v) is 3.61. The quantitative estimate of drug-likeness (QED) is 0.837. The molecule has 1 saturated carbocycles. The number of carbonyl (C=O) groups is 1. The Hall–Kier alpha value is -1.22. The molecule has 1 aliphatic heterocycles. The predicted molar refractivity (Wildman–Crippen MR) is 65.4 cm³/mol. The minimum atomic E-state index is -0.596. The maximum atomic E-state index is 11.8. The highest BCUT2D eigenvalue weighted by molar-refractivity contribution is 6.30. The molecule has 1 N–H and O–H groups in total. The van der Waals surface area contributed by atoms with Crippen LogP contribution in [0.2, 0.25) is 0 Å². The van der Waals surface area contributed by atoms with E-state index < -0.39 is 5.38 Å². The van der Waals surface area contributed by atoms with Crippen molar-refractivity contribution in [3.63, 3.8) is 0 Å². The van der Waals surface area contributed by atoms with Crippen LogP contribution in [0.4, 0.5) is 0 Å². The van der Waals surface area contributed by atoms with Crippen molar-refractivity contribution in [2.45, 2.75) is 30.7 Å². The lowest BCUT2D eigenvalue weighted by Crippen LogP contribution is -2.28. The Labute approximate surface area is 105 Å². The maximum Gasteiger partial charge on any atom is 0.242 e. The molecule has 1 atom stereocenters. The summed E-state index contributed by atoms with van der Waals surface area (Å²) in [5.74, 6) is 0.827. The Balaban J connectivity index is 1.75. The Morgan fingerprint density at radius 1 is 1.47 bits per heavy atom. The van der Waals surface area contributed by atoms with E-state index in [9.17, 15) is 4.79 Å². The van der Waals surface area contributed by atoms with Gasteiger partial charge in [0.1, 0.15) is 11.1 Å². The van der Waals surface area contributed by atoms with E-state index in [-0.39, 0.29) is 5.91 Å². The van der Waals surface area contributed by atoms with E-state index in [4.69, 9.17) is 16.3 Å². The molecule has 4 heteroatoms. The lowest BCUT2D eigenvalue weighted by Gasteiger charge is -2.11. The Morgan fingerprint density at radius 3 is 3.06 bits per heavy atom. The van der Waals surface area contributed by atoms with E-state index in [0.29, 0.717) is 6.04 Å². The number of ether oxygens (including phenoxy) is 1. The Kier molecular flexibility index (Phi) is 2.71. The number of carbonyl (C=O) groups excluding carboxylic acids is 1. The van der Waals surface area contributed by atoms with Gasteiger partial charge in [0.25, 0.3) is 0 Å². The second-order valence-electron chi connectivity index (χ2n) is 4.61. The molecule has 0 radical (unpaired) electrons. The van der Waals surface area contributed by atoms with Crippen molar-refractivity contribution in [2.75, 3.05) is 6.61 Å². The van der Waals surface area contributed by atoms with E-state index in [1.807, 2.05) is 18.2 Å². The molecule has 1 aromatic rings. The van der Waals surface area contributed by atoms with Crippen LogP contribution < -0.4 is 10.1 Å². The number of alkyl halides is 1. The highest BCUT2D eigenvalue weighted by Crippen LogP contribution is 2.31. The zero-order valence-electron chi connectivity index (χ0n) is 9.41. The fourth-order valence-corrected chi connectivity index (χ4v) is 2.22. The topological polar surface area (TPSA) is 38.3 Å². The van der Waals surface area contributed by atoms with Gasteiger partial charge in [-0.2, -0.15) is 0 Å². The number of nitrogens with one attached hydrogen (secondary N) is 1. The van der Waals surface area contributed by atoms with Crippen LogP contribution in [0.25, 0.3) is 0 Å². The Bertz CT molecular complexity index is 457. The van der Waals surface area contributed by atoms with Crippen molar-refractivity contribution in [1.29, 1.82) is 0 Å². The van der Waals surface area contributed by atoms with Gasteiger partial charge in [0, 0.05) is 12.5 Å². The van der Waals surface area contributed by atoms with Gasteiger partial charge in [0.15, 0.2) is 0 Å². The fourth-order valence-electron chi connectivity index (χ4n) is 2.02. The smallest absolute Gasteiger partial charge is 0.242 e. The third kappa shape index (κ3) is 2.25. The van der Waals surface area contributed by atoms with Crippen LogP contribution in [-0.4, -0.2) is 18.6 Å². The summed E-state index contributed by atoms with van der Waals surface area (Å²) in [6, 6.07) is 6.10. The summed E-state index contributed by atoms with van der Waals surface area (Å²) in [6.07, 6.45) is 3.05. The molecule has 1 unspecified atom stereocenters. The van der Waals surface area contributed by atoms with E-state index in [0.717, 1.165) is 42.7 Å². The van der Waals surface area contributed by atoms with Crippen LogP contribution in [0.3, 0.4) is 0 Å². The van der Waals surface area contributed by atoms with Crippen molar-refractivity contribution in [3.8, 4) is 5.75 Å². The molecule has 1 amide bonds. The molecule has 1 fully saturated rings. The maximum absolute atomic E-state index is 11.8. The number of amides is 1. The van der Waals surface area contributed by atoms with Crippen molar-refractivity contribution in [1.82, 2.24) is 5.32 Å². The van der Waals surface area contributed by atoms with Crippen LogP contribution in [0.5, 0.6) is 5.75 Å². The van der Waals surface area contributed by atoms with E-state index in [2.05, 4.69) is 5.32 Å². The number of hydrogen-bond acceptors (Lipinski definition) is 2. The van der Waals surface area contributed by atoms with Gasteiger partial charge in [-0.05, 0) is 36.1 Å². The molecule has 90 valence electrons. The number of fused-ring (bicyclic) bond motifs is 1. The average Bonchev–Trinajstić information content (AvgIpc) is 3.02. The molecule has 0 spiro atoms. The van der Waals surface area contributed by atoms with Crippen LogP contribution in [-0.2, 0) is 11.2 Å². The zero-order valence-corrected chi connectivity index (χ0v) is 10.2. The van der Waals surface area contributed by atoms with Gasteiger partial charge < -0.3 is 10.1 Å². The summed E-state index contributed by atoms with van der Waals surface area (Å²) in [4.78, 5) is 11.8. The molecular formula is C13H14ClNO2. The monoisotopic (exact) mass is 251 g/mol. The number of hydrogen-bond donors (Lipinski definition) is 1. The zero-order chi connectivity index (χ0) is 11.8. The summed E-state index contributed by atoms with van der Waals surface area (Å²) < 4.78 is 5.42. The van der Waals surface area contributed by atoms with Gasteiger partial charge in [0.2, 0.25) is 5.91 Å². The SMILES string of the molecule is O=C(NC1CC1)C(Cl)c1ccc2c(c1)CCO2. The lowest BCUT2D eigenvalue weighted by atomic mass is 10.1. The minimum absolute atomic E-state index is 0.0898. The van der Waals surface area contributed by atoms with Crippen molar-refractivity contribution >= 4 is 17.5 Å². The van der Waals surface area contributed by atoms with Crippen LogP contribution in [0.15, 0.2) is 18.2 Å². The van der Waals surface area contributed by atoms with Gasteiger partial charge in [-0.3, -0.25) is 4.79 Å². The van der Waals surface area contributed by atoms with Gasteiger partial charge in [0.05, 0.1) is 6.61 Å². The molecule has 3 nitrogen and oxygen atoms in total. The van der Waals surface area contributed by atoms with Crippen molar-refractivity contribution in [3.05, 3.63) is 29.3 Å². The van der Waals surface area contributed by atoms with Crippen LogP contribution in [0, 0.1) is 0 Å². The van der Waals surface area contributed by atoms with Crippen LogP contribution in [0.1, 0.15) is 29.3 Å². The fraction of sp³-hybridized carbons (Fsp3) is 0.462. The molecule has 2 aliphatic rings. The first-order chi connectivity index (χ1) is 8.24. The number of rotatable bonds is 3. The van der Waals surface area contributed by atoms with Gasteiger partial charge >= 0.3 is 0 Å². The molecule has 17 heavy (non-hydrogen) atoms. The summed E-state index contributed by atoms with van der Waals surface area (Å²) >= 11 is 6.18. The summed E-state index contributed by atoms with van der Waals surface area (Å²) in [7, 11) is 0. The summed E-state index contributed by atoms with van der Waals surface area (Å²) in [5, 5.41) is 2.32. The van der Waals surface area contributed by atoms with Crippen LogP contribution >= 0.6 is 11.6 Å². The van der Waals surface area contributed by atoms with Gasteiger partial charge in [-0.25, -0.2) is 0 Å².